The van der Waals surface area contributed by atoms with E-state index < -0.39 is 12.7 Å². The van der Waals surface area contributed by atoms with Crippen LogP contribution in [0, 0.1) is 6.92 Å². The Bertz CT molecular complexity index is 341. The highest BCUT2D eigenvalue weighted by Crippen LogP contribution is 2.20. The number of imidazole rings is 1. The number of hydrogen-bond acceptors (Lipinski definition) is 2. The number of aryl methyl sites for hydroxylation is 1. The van der Waals surface area contributed by atoms with Gasteiger partial charge in [-0.15, -0.1) is 6.58 Å². The zero-order valence-corrected chi connectivity index (χ0v) is 8.30. The second-order valence-corrected chi connectivity index (χ2v) is 3.12. The van der Waals surface area contributed by atoms with Gasteiger partial charge < -0.3 is 9.88 Å². The van der Waals surface area contributed by atoms with E-state index in [0.29, 0.717) is 12.2 Å². The monoisotopic (exact) mass is 219 g/mol. The van der Waals surface area contributed by atoms with Crippen molar-refractivity contribution in [2.75, 3.05) is 11.9 Å². The molecule has 0 aliphatic heterocycles. The number of nitrogens with one attached hydrogen (secondary N) is 1. The summed E-state index contributed by atoms with van der Waals surface area (Å²) in [6.07, 6.45) is -1.32. The zero-order chi connectivity index (χ0) is 11.5. The molecule has 0 radical (unpaired) electrons. The van der Waals surface area contributed by atoms with Gasteiger partial charge in [-0.05, 0) is 6.92 Å². The van der Waals surface area contributed by atoms with Crippen molar-refractivity contribution in [1.29, 1.82) is 0 Å². The summed E-state index contributed by atoms with van der Waals surface area (Å²) in [5.74, 6) is 0.213. The van der Waals surface area contributed by atoms with E-state index >= 15 is 0 Å². The van der Waals surface area contributed by atoms with Crippen LogP contribution in [0.4, 0.5) is 19.1 Å². The quantitative estimate of drug-likeness (QED) is 0.788. The van der Waals surface area contributed by atoms with Crippen LogP contribution in [-0.2, 0) is 6.54 Å². The number of halogens is 3. The van der Waals surface area contributed by atoms with Crippen molar-refractivity contribution in [3.63, 3.8) is 0 Å². The van der Waals surface area contributed by atoms with E-state index in [9.17, 15) is 13.2 Å². The van der Waals surface area contributed by atoms with Crippen LogP contribution in [0.25, 0.3) is 0 Å². The molecule has 0 aliphatic carbocycles. The summed E-state index contributed by atoms with van der Waals surface area (Å²) in [6, 6.07) is 0. The lowest BCUT2D eigenvalue weighted by molar-refractivity contribution is -0.140. The molecule has 15 heavy (non-hydrogen) atoms. The molecular formula is C9H12F3N3. The summed E-state index contributed by atoms with van der Waals surface area (Å²) >= 11 is 0. The molecule has 3 nitrogen and oxygen atoms in total. The molecule has 6 heteroatoms. The van der Waals surface area contributed by atoms with Gasteiger partial charge in [0.05, 0.1) is 5.69 Å². The summed E-state index contributed by atoms with van der Waals surface area (Å²) < 4.78 is 37.5. The molecule has 0 saturated carbocycles. The fourth-order valence-corrected chi connectivity index (χ4v) is 1.17. The molecule has 84 valence electrons. The van der Waals surface area contributed by atoms with Crippen molar-refractivity contribution in [3.05, 3.63) is 24.5 Å². The first kappa shape index (κ1) is 11.6. The van der Waals surface area contributed by atoms with Crippen LogP contribution in [-0.4, -0.2) is 22.3 Å². The SMILES string of the molecule is C=CCNc1nc(C)cn1CC(F)(F)F. The summed E-state index contributed by atoms with van der Waals surface area (Å²) in [6.45, 7) is 4.46. The Morgan fingerprint density at radius 3 is 2.80 bits per heavy atom. The molecule has 0 amide bonds. The third kappa shape index (κ3) is 3.65. The third-order valence-corrected chi connectivity index (χ3v) is 1.65. The maximum atomic E-state index is 12.2. The van der Waals surface area contributed by atoms with E-state index in [4.69, 9.17) is 0 Å². The highest BCUT2D eigenvalue weighted by molar-refractivity contribution is 5.29. The summed E-state index contributed by atoms with van der Waals surface area (Å²) in [5.41, 5.74) is 0.547. The molecule has 1 rings (SSSR count). The fraction of sp³-hybridized carbons (Fsp3) is 0.444. The van der Waals surface area contributed by atoms with Crippen molar-refractivity contribution in [3.8, 4) is 0 Å². The summed E-state index contributed by atoms with van der Waals surface area (Å²) in [5, 5.41) is 2.74. The molecule has 0 unspecified atom stereocenters. The molecule has 1 N–H and O–H groups in total. The standard InChI is InChI=1S/C9H12F3N3/c1-3-4-13-8-14-7(2)5-15(8)6-9(10,11)12/h3,5H,1,4,6H2,2H3,(H,13,14). The third-order valence-electron chi connectivity index (χ3n) is 1.65. The molecular weight excluding hydrogens is 207 g/mol. The predicted octanol–water partition coefficient (Wildman–Crippen LogP) is 2.35. The van der Waals surface area contributed by atoms with Crippen LogP contribution >= 0.6 is 0 Å². The van der Waals surface area contributed by atoms with E-state index in [2.05, 4.69) is 16.9 Å². The number of alkyl halides is 3. The molecule has 1 aromatic heterocycles. The van der Waals surface area contributed by atoms with Gasteiger partial charge in [-0.3, -0.25) is 0 Å². The second-order valence-electron chi connectivity index (χ2n) is 3.12. The summed E-state index contributed by atoms with van der Waals surface area (Å²) in [7, 11) is 0. The van der Waals surface area contributed by atoms with Crippen molar-refractivity contribution < 1.29 is 13.2 Å². The lowest BCUT2D eigenvalue weighted by Gasteiger charge is -2.10. The molecule has 1 heterocycles. The van der Waals surface area contributed by atoms with Crippen LogP contribution < -0.4 is 5.32 Å². The maximum absolute atomic E-state index is 12.2. The van der Waals surface area contributed by atoms with Gasteiger partial charge in [0.2, 0.25) is 5.95 Å². The van der Waals surface area contributed by atoms with Gasteiger partial charge in [0.1, 0.15) is 6.54 Å². The normalized spacial score (nSPS) is 11.5. The van der Waals surface area contributed by atoms with Gasteiger partial charge in [-0.1, -0.05) is 6.08 Å². The van der Waals surface area contributed by atoms with Gasteiger partial charge in [-0.25, -0.2) is 4.98 Å². The Kier molecular flexibility index (Phi) is 3.39. The van der Waals surface area contributed by atoms with E-state index in [0.717, 1.165) is 4.57 Å². The Morgan fingerprint density at radius 1 is 1.60 bits per heavy atom. The molecule has 0 fully saturated rings. The Labute approximate surface area is 85.6 Å². The first-order chi connectivity index (χ1) is 6.92. The van der Waals surface area contributed by atoms with Gasteiger partial charge in [0.15, 0.2) is 0 Å². The van der Waals surface area contributed by atoms with Gasteiger partial charge in [-0.2, -0.15) is 13.2 Å². The smallest absolute Gasteiger partial charge is 0.352 e. The fourth-order valence-electron chi connectivity index (χ4n) is 1.17. The zero-order valence-electron chi connectivity index (χ0n) is 8.30. The molecule has 0 aromatic carbocycles. The Morgan fingerprint density at radius 2 is 2.27 bits per heavy atom. The minimum Gasteiger partial charge on any atom is -0.352 e. The molecule has 0 spiro atoms. The number of hydrogen-bond donors (Lipinski definition) is 1. The number of aromatic nitrogens is 2. The van der Waals surface area contributed by atoms with Gasteiger partial charge >= 0.3 is 6.18 Å². The first-order valence-electron chi connectivity index (χ1n) is 4.37. The molecule has 1 aromatic rings. The lowest BCUT2D eigenvalue weighted by Crippen LogP contribution is -2.19. The number of nitrogens with zero attached hydrogens (tertiary/aromatic N) is 2. The van der Waals surface area contributed by atoms with E-state index in [-0.39, 0.29) is 5.95 Å². The minimum absolute atomic E-state index is 0.213. The number of anilines is 1. The van der Waals surface area contributed by atoms with Crippen LogP contribution in [0.15, 0.2) is 18.9 Å². The van der Waals surface area contributed by atoms with Gasteiger partial charge in [0.25, 0.3) is 0 Å². The maximum Gasteiger partial charge on any atom is 0.406 e. The van der Waals surface area contributed by atoms with E-state index in [1.165, 1.54) is 6.20 Å². The van der Waals surface area contributed by atoms with Crippen LogP contribution in [0.1, 0.15) is 5.69 Å². The second kappa shape index (κ2) is 4.37. The molecule has 0 bridgehead atoms. The average molecular weight is 219 g/mol. The van der Waals surface area contributed by atoms with Crippen molar-refractivity contribution in [1.82, 2.24) is 9.55 Å². The van der Waals surface area contributed by atoms with Crippen LogP contribution in [0.3, 0.4) is 0 Å². The van der Waals surface area contributed by atoms with E-state index in [1.807, 2.05) is 0 Å². The predicted molar refractivity (Wildman–Crippen MR) is 51.7 cm³/mol. The highest BCUT2D eigenvalue weighted by atomic mass is 19.4. The molecule has 0 atom stereocenters. The van der Waals surface area contributed by atoms with Crippen LogP contribution in [0.2, 0.25) is 0 Å². The van der Waals surface area contributed by atoms with Crippen molar-refractivity contribution in [2.24, 2.45) is 0 Å². The first-order valence-corrected chi connectivity index (χ1v) is 4.37. The van der Waals surface area contributed by atoms with Crippen LogP contribution in [0.5, 0.6) is 0 Å². The lowest BCUT2D eigenvalue weighted by atomic mass is 10.5. The minimum atomic E-state index is -4.24. The van der Waals surface area contributed by atoms with E-state index in [1.54, 1.807) is 13.0 Å². The van der Waals surface area contributed by atoms with Crippen molar-refractivity contribution in [2.45, 2.75) is 19.6 Å². The Hall–Kier alpha value is -1.46. The largest absolute Gasteiger partial charge is 0.406 e. The van der Waals surface area contributed by atoms with Gasteiger partial charge in [0, 0.05) is 12.7 Å². The topological polar surface area (TPSA) is 29.9 Å². The van der Waals surface area contributed by atoms with Crippen molar-refractivity contribution >= 4 is 5.95 Å². The number of rotatable bonds is 4. The molecule has 0 saturated heterocycles. The summed E-state index contributed by atoms with van der Waals surface area (Å²) in [4.78, 5) is 3.94. The molecule has 0 aliphatic rings. The average Bonchev–Trinajstić information content (AvgIpc) is 2.39. The Balaban J connectivity index is 2.81. The highest BCUT2D eigenvalue weighted by Gasteiger charge is 2.29.